The molecule has 0 spiro atoms. The molecule has 94 valence electrons. The highest BCUT2D eigenvalue weighted by atomic mass is 16.6. The Hall–Kier alpha value is -1.59. The van der Waals surface area contributed by atoms with Crippen molar-refractivity contribution in [1.82, 2.24) is 19.9 Å². The van der Waals surface area contributed by atoms with E-state index in [-0.39, 0.29) is 6.09 Å². The van der Waals surface area contributed by atoms with Gasteiger partial charge in [0.25, 0.3) is 0 Å². The summed E-state index contributed by atoms with van der Waals surface area (Å²) in [5.74, 6) is 0. The van der Waals surface area contributed by atoms with Crippen LogP contribution in [0.5, 0.6) is 0 Å². The van der Waals surface area contributed by atoms with Gasteiger partial charge in [-0.15, -0.1) is 5.10 Å². The van der Waals surface area contributed by atoms with Gasteiger partial charge in [-0.1, -0.05) is 5.21 Å². The van der Waals surface area contributed by atoms with Gasteiger partial charge in [0.1, 0.15) is 5.60 Å². The summed E-state index contributed by atoms with van der Waals surface area (Å²) in [5.41, 5.74) is 0.496. The summed E-state index contributed by atoms with van der Waals surface area (Å²) in [6.07, 6.45) is 2.30. The van der Waals surface area contributed by atoms with Crippen LogP contribution in [-0.2, 0) is 17.8 Å². The zero-order chi connectivity index (χ0) is 12.5. The van der Waals surface area contributed by atoms with E-state index in [1.54, 1.807) is 11.1 Å². The summed E-state index contributed by atoms with van der Waals surface area (Å²) in [5, 5.41) is 7.82. The first-order valence-corrected chi connectivity index (χ1v) is 5.81. The number of carbonyl (C=O) groups is 1. The minimum atomic E-state index is -0.456. The number of rotatable bonds is 0. The van der Waals surface area contributed by atoms with Crippen molar-refractivity contribution in [3.8, 4) is 0 Å². The topological polar surface area (TPSA) is 60.2 Å². The van der Waals surface area contributed by atoms with Crippen LogP contribution in [0.25, 0.3) is 0 Å². The molecule has 1 aromatic rings. The number of amides is 1. The second-order valence-electron chi connectivity index (χ2n) is 5.20. The number of carbonyl (C=O) groups excluding carboxylic acids is 1. The Kier molecular flexibility index (Phi) is 3.04. The lowest BCUT2D eigenvalue weighted by Crippen LogP contribution is -2.36. The normalized spacial score (nSPS) is 16.3. The zero-order valence-corrected chi connectivity index (χ0v) is 10.5. The van der Waals surface area contributed by atoms with Crippen molar-refractivity contribution in [2.45, 2.75) is 45.9 Å². The molecule has 0 aromatic carbocycles. The van der Waals surface area contributed by atoms with Crippen molar-refractivity contribution in [2.75, 3.05) is 6.54 Å². The number of nitrogens with zero attached hydrogens (tertiary/aromatic N) is 4. The van der Waals surface area contributed by atoms with Crippen molar-refractivity contribution >= 4 is 6.09 Å². The Balaban J connectivity index is 2.06. The lowest BCUT2D eigenvalue weighted by atomic mass is 10.2. The Morgan fingerprint density at radius 2 is 2.18 bits per heavy atom. The molecule has 1 aliphatic rings. The summed E-state index contributed by atoms with van der Waals surface area (Å²) < 4.78 is 7.20. The molecule has 6 nitrogen and oxygen atoms in total. The van der Waals surface area contributed by atoms with Crippen LogP contribution in [0.2, 0.25) is 0 Å². The molecule has 1 aliphatic heterocycles. The number of hydrogen-bond donors (Lipinski definition) is 0. The van der Waals surface area contributed by atoms with E-state index in [2.05, 4.69) is 10.3 Å². The molecule has 0 bridgehead atoms. The molecule has 0 radical (unpaired) electrons. The Morgan fingerprint density at radius 1 is 1.41 bits per heavy atom. The van der Waals surface area contributed by atoms with Gasteiger partial charge in [-0.25, -0.2) is 9.48 Å². The average molecular weight is 238 g/mol. The van der Waals surface area contributed by atoms with Gasteiger partial charge in [0, 0.05) is 13.1 Å². The van der Waals surface area contributed by atoms with Gasteiger partial charge >= 0.3 is 6.09 Å². The molecule has 0 aliphatic carbocycles. The van der Waals surface area contributed by atoms with Crippen LogP contribution >= 0.6 is 0 Å². The fourth-order valence-electron chi connectivity index (χ4n) is 1.76. The number of ether oxygens (including phenoxy) is 1. The zero-order valence-electron chi connectivity index (χ0n) is 10.5. The van der Waals surface area contributed by atoms with Gasteiger partial charge in [-0.2, -0.15) is 0 Å². The molecule has 17 heavy (non-hydrogen) atoms. The molecule has 1 amide bonds. The van der Waals surface area contributed by atoms with Crippen LogP contribution < -0.4 is 0 Å². The third-order valence-corrected chi connectivity index (χ3v) is 2.50. The monoisotopic (exact) mass is 238 g/mol. The second-order valence-corrected chi connectivity index (χ2v) is 5.20. The maximum atomic E-state index is 12.0. The van der Waals surface area contributed by atoms with E-state index in [0.29, 0.717) is 13.1 Å². The van der Waals surface area contributed by atoms with Crippen LogP contribution in [-0.4, -0.2) is 38.1 Å². The SMILES string of the molecule is CC(C)(C)OC(=O)N1CCCn2nncc2C1. The van der Waals surface area contributed by atoms with Crippen LogP contribution in [0.1, 0.15) is 32.9 Å². The van der Waals surface area contributed by atoms with Crippen molar-refractivity contribution in [3.63, 3.8) is 0 Å². The largest absolute Gasteiger partial charge is 0.444 e. The van der Waals surface area contributed by atoms with E-state index in [4.69, 9.17) is 4.74 Å². The molecule has 6 heteroatoms. The highest BCUT2D eigenvalue weighted by molar-refractivity contribution is 5.68. The third kappa shape index (κ3) is 2.95. The van der Waals surface area contributed by atoms with Gasteiger partial charge in [-0.05, 0) is 27.2 Å². The lowest BCUT2D eigenvalue weighted by Gasteiger charge is -2.26. The molecule has 2 rings (SSSR count). The average Bonchev–Trinajstić information content (AvgIpc) is 2.53. The highest BCUT2D eigenvalue weighted by Crippen LogP contribution is 2.15. The summed E-state index contributed by atoms with van der Waals surface area (Å²) in [4.78, 5) is 13.7. The number of hydrogen-bond acceptors (Lipinski definition) is 4. The van der Waals surface area contributed by atoms with Gasteiger partial charge in [0.15, 0.2) is 0 Å². The van der Waals surface area contributed by atoms with E-state index < -0.39 is 5.60 Å². The fourth-order valence-corrected chi connectivity index (χ4v) is 1.76. The summed E-state index contributed by atoms with van der Waals surface area (Å²) in [6, 6.07) is 0. The molecule has 0 fully saturated rings. The van der Waals surface area contributed by atoms with Crippen LogP contribution in [0.15, 0.2) is 6.20 Å². The first kappa shape index (κ1) is 11.9. The molecule has 0 atom stereocenters. The standard InChI is InChI=1S/C11H18N4O2/c1-11(2,3)17-10(16)14-5-4-6-15-9(8-14)7-12-13-15/h7H,4-6,8H2,1-3H3. The van der Waals surface area contributed by atoms with Crippen LogP contribution in [0.4, 0.5) is 4.79 Å². The summed E-state index contributed by atoms with van der Waals surface area (Å²) in [7, 11) is 0. The summed E-state index contributed by atoms with van der Waals surface area (Å²) >= 11 is 0. The second kappa shape index (κ2) is 4.35. The Bertz CT molecular complexity index is 408. The van der Waals surface area contributed by atoms with Gasteiger partial charge in [0.2, 0.25) is 0 Å². The third-order valence-electron chi connectivity index (χ3n) is 2.50. The molecule has 0 unspecified atom stereocenters. The highest BCUT2D eigenvalue weighted by Gasteiger charge is 2.24. The quantitative estimate of drug-likeness (QED) is 0.685. The minimum Gasteiger partial charge on any atom is -0.444 e. The molecule has 0 saturated heterocycles. The lowest BCUT2D eigenvalue weighted by molar-refractivity contribution is 0.0236. The molecule has 0 saturated carbocycles. The predicted molar refractivity (Wildman–Crippen MR) is 61.3 cm³/mol. The Morgan fingerprint density at radius 3 is 2.88 bits per heavy atom. The minimum absolute atomic E-state index is 0.271. The Labute approximate surface area is 101 Å². The van der Waals surface area contributed by atoms with E-state index in [1.807, 2.05) is 25.5 Å². The van der Waals surface area contributed by atoms with Crippen LogP contribution in [0.3, 0.4) is 0 Å². The first-order valence-electron chi connectivity index (χ1n) is 5.81. The number of fused-ring (bicyclic) bond motifs is 1. The van der Waals surface area contributed by atoms with Crippen molar-refractivity contribution in [3.05, 3.63) is 11.9 Å². The molecular weight excluding hydrogens is 220 g/mol. The van der Waals surface area contributed by atoms with Crippen molar-refractivity contribution < 1.29 is 9.53 Å². The molecule has 1 aromatic heterocycles. The van der Waals surface area contributed by atoms with Crippen molar-refractivity contribution in [1.29, 1.82) is 0 Å². The van der Waals surface area contributed by atoms with E-state index in [0.717, 1.165) is 18.7 Å². The maximum Gasteiger partial charge on any atom is 0.410 e. The van der Waals surface area contributed by atoms with E-state index in [9.17, 15) is 4.79 Å². The molecule has 0 N–H and O–H groups in total. The van der Waals surface area contributed by atoms with Gasteiger partial charge in [0.05, 0.1) is 18.4 Å². The van der Waals surface area contributed by atoms with Gasteiger partial charge in [-0.3, -0.25) is 0 Å². The van der Waals surface area contributed by atoms with Crippen molar-refractivity contribution in [2.24, 2.45) is 0 Å². The number of aryl methyl sites for hydroxylation is 1. The van der Waals surface area contributed by atoms with E-state index in [1.165, 1.54) is 0 Å². The maximum absolute atomic E-state index is 12.0. The molecule has 2 heterocycles. The van der Waals surface area contributed by atoms with E-state index >= 15 is 0 Å². The number of aromatic nitrogens is 3. The predicted octanol–water partition coefficient (Wildman–Crippen LogP) is 1.42. The fraction of sp³-hybridized carbons (Fsp3) is 0.727. The molecular formula is C11H18N4O2. The first-order chi connectivity index (χ1) is 7.96. The van der Waals surface area contributed by atoms with Gasteiger partial charge < -0.3 is 9.64 Å². The summed E-state index contributed by atoms with van der Waals surface area (Å²) in [6.45, 7) is 7.62. The smallest absolute Gasteiger partial charge is 0.410 e. The van der Waals surface area contributed by atoms with Crippen LogP contribution in [0, 0.1) is 0 Å².